The molecule has 0 heterocycles. The van der Waals surface area contributed by atoms with E-state index in [0.29, 0.717) is 0 Å². The Morgan fingerprint density at radius 3 is 2.65 bits per heavy atom. The average molecular weight is 235 g/mol. The minimum absolute atomic E-state index is 0.836. The van der Waals surface area contributed by atoms with Crippen LogP contribution in [0.3, 0.4) is 0 Å². The van der Waals surface area contributed by atoms with Crippen molar-refractivity contribution in [3.63, 3.8) is 0 Å². The first-order chi connectivity index (χ1) is 8.38. The maximum atomic E-state index is 5.81. The Kier molecular flexibility index (Phi) is 7.48. The van der Waals surface area contributed by atoms with Crippen molar-refractivity contribution < 1.29 is 4.74 Å². The fourth-order valence-corrected chi connectivity index (χ4v) is 1.82. The Hall–Kier alpha value is -1.02. The molecule has 0 aliphatic carbocycles. The van der Waals surface area contributed by atoms with Crippen LogP contribution in [0.1, 0.15) is 38.7 Å². The van der Waals surface area contributed by atoms with Gasteiger partial charge in [-0.25, -0.2) is 0 Å². The first kappa shape index (κ1) is 14.0. The van der Waals surface area contributed by atoms with Gasteiger partial charge in [0, 0.05) is 0 Å². The minimum Gasteiger partial charge on any atom is -0.493 e. The van der Waals surface area contributed by atoms with E-state index in [0.717, 1.165) is 38.3 Å². The lowest BCUT2D eigenvalue weighted by Gasteiger charge is -2.10. The Morgan fingerprint density at radius 2 is 1.88 bits per heavy atom. The lowest BCUT2D eigenvalue weighted by molar-refractivity contribution is 0.302. The number of hydrogen-bond acceptors (Lipinski definition) is 2. The van der Waals surface area contributed by atoms with Crippen LogP contribution in [-0.2, 0) is 6.42 Å². The minimum atomic E-state index is 0.836. The molecule has 0 amide bonds. The predicted octanol–water partition coefficient (Wildman–Crippen LogP) is 3.41. The molecule has 2 heteroatoms. The number of aryl methyl sites for hydroxylation is 1. The van der Waals surface area contributed by atoms with Crippen molar-refractivity contribution in [1.82, 2.24) is 5.32 Å². The molecule has 0 spiro atoms. The molecular formula is C15H25NO. The molecule has 1 aromatic rings. The van der Waals surface area contributed by atoms with Gasteiger partial charge in [0.1, 0.15) is 5.75 Å². The highest BCUT2D eigenvalue weighted by Crippen LogP contribution is 2.18. The zero-order valence-electron chi connectivity index (χ0n) is 11.2. The molecule has 0 unspecified atom stereocenters. The van der Waals surface area contributed by atoms with Crippen molar-refractivity contribution in [1.29, 1.82) is 0 Å². The van der Waals surface area contributed by atoms with Gasteiger partial charge < -0.3 is 10.1 Å². The summed E-state index contributed by atoms with van der Waals surface area (Å²) in [6, 6.07) is 8.32. The van der Waals surface area contributed by atoms with Gasteiger partial charge in [0.25, 0.3) is 0 Å². The molecule has 0 aliphatic rings. The Balaban J connectivity index is 2.13. The normalized spacial score (nSPS) is 10.5. The summed E-state index contributed by atoms with van der Waals surface area (Å²) in [5.41, 5.74) is 1.31. The molecule has 0 saturated carbocycles. The van der Waals surface area contributed by atoms with E-state index >= 15 is 0 Å². The summed E-state index contributed by atoms with van der Waals surface area (Å²) in [5.74, 6) is 1.06. The van der Waals surface area contributed by atoms with E-state index in [2.05, 4.69) is 37.4 Å². The molecule has 0 fully saturated rings. The third-order valence-electron chi connectivity index (χ3n) is 2.86. The van der Waals surface area contributed by atoms with Gasteiger partial charge in [-0.2, -0.15) is 0 Å². The number of unbranched alkanes of at least 4 members (excludes halogenated alkanes) is 2. The molecule has 1 rings (SSSR count). The third kappa shape index (κ3) is 5.73. The van der Waals surface area contributed by atoms with Gasteiger partial charge in [-0.3, -0.25) is 0 Å². The molecule has 0 atom stereocenters. The zero-order valence-corrected chi connectivity index (χ0v) is 11.2. The summed E-state index contributed by atoms with van der Waals surface area (Å²) in [7, 11) is 0. The molecule has 1 N–H and O–H groups in total. The molecule has 96 valence electrons. The monoisotopic (exact) mass is 235 g/mol. The second-order valence-electron chi connectivity index (χ2n) is 4.22. The first-order valence-electron chi connectivity index (χ1n) is 6.80. The molecule has 0 aromatic heterocycles. The summed E-state index contributed by atoms with van der Waals surface area (Å²) in [6.45, 7) is 7.34. The fourth-order valence-electron chi connectivity index (χ4n) is 1.82. The highest BCUT2D eigenvalue weighted by atomic mass is 16.5. The lowest BCUT2D eigenvalue weighted by atomic mass is 10.1. The van der Waals surface area contributed by atoms with E-state index in [1.54, 1.807) is 0 Å². The van der Waals surface area contributed by atoms with Gasteiger partial charge in [-0.1, -0.05) is 32.0 Å². The maximum absolute atomic E-state index is 5.81. The van der Waals surface area contributed by atoms with Crippen LogP contribution in [0.4, 0.5) is 0 Å². The second kappa shape index (κ2) is 9.06. The molecule has 17 heavy (non-hydrogen) atoms. The fraction of sp³-hybridized carbons (Fsp3) is 0.600. The Morgan fingerprint density at radius 1 is 1.06 bits per heavy atom. The summed E-state index contributed by atoms with van der Waals surface area (Å²) >= 11 is 0. The lowest BCUT2D eigenvalue weighted by Crippen LogP contribution is -2.14. The molecule has 0 aliphatic heterocycles. The maximum Gasteiger partial charge on any atom is 0.122 e. The zero-order chi connectivity index (χ0) is 12.3. The molecule has 1 aromatic carbocycles. The van der Waals surface area contributed by atoms with Crippen LogP contribution in [0.2, 0.25) is 0 Å². The van der Waals surface area contributed by atoms with Crippen LogP contribution in [-0.4, -0.2) is 19.7 Å². The summed E-state index contributed by atoms with van der Waals surface area (Å²) in [6.07, 6.45) is 4.66. The van der Waals surface area contributed by atoms with E-state index in [1.807, 2.05) is 6.07 Å². The van der Waals surface area contributed by atoms with E-state index < -0.39 is 0 Å². The Labute approximate surface area is 105 Å². The first-order valence-corrected chi connectivity index (χ1v) is 6.80. The SMILES string of the molecule is CCNCCCCCOc1ccccc1CC. The van der Waals surface area contributed by atoms with Crippen LogP contribution >= 0.6 is 0 Å². The van der Waals surface area contributed by atoms with E-state index in [1.165, 1.54) is 18.4 Å². The van der Waals surface area contributed by atoms with Gasteiger partial charge in [-0.05, 0) is 50.4 Å². The third-order valence-corrected chi connectivity index (χ3v) is 2.86. The van der Waals surface area contributed by atoms with Gasteiger partial charge in [0.2, 0.25) is 0 Å². The molecule has 2 nitrogen and oxygen atoms in total. The number of para-hydroxylation sites is 1. The number of nitrogens with one attached hydrogen (secondary N) is 1. The van der Waals surface area contributed by atoms with Crippen molar-refractivity contribution in [2.24, 2.45) is 0 Å². The van der Waals surface area contributed by atoms with Gasteiger partial charge in [-0.15, -0.1) is 0 Å². The van der Waals surface area contributed by atoms with Crippen molar-refractivity contribution in [3.8, 4) is 5.75 Å². The van der Waals surface area contributed by atoms with Crippen LogP contribution in [0.15, 0.2) is 24.3 Å². The topological polar surface area (TPSA) is 21.3 Å². The Bertz CT molecular complexity index is 299. The van der Waals surface area contributed by atoms with Crippen LogP contribution in [0, 0.1) is 0 Å². The van der Waals surface area contributed by atoms with Gasteiger partial charge in [0.05, 0.1) is 6.61 Å². The highest BCUT2D eigenvalue weighted by molar-refractivity contribution is 5.33. The second-order valence-corrected chi connectivity index (χ2v) is 4.22. The summed E-state index contributed by atoms with van der Waals surface area (Å²) in [5, 5.41) is 3.33. The standard InChI is InChI=1S/C15H25NO/c1-3-14-10-6-7-11-15(14)17-13-9-5-8-12-16-4-2/h6-7,10-11,16H,3-5,8-9,12-13H2,1-2H3. The summed E-state index contributed by atoms with van der Waals surface area (Å²) in [4.78, 5) is 0. The van der Waals surface area contributed by atoms with Crippen LogP contribution in [0.25, 0.3) is 0 Å². The predicted molar refractivity (Wildman–Crippen MR) is 73.7 cm³/mol. The summed E-state index contributed by atoms with van der Waals surface area (Å²) < 4.78 is 5.81. The number of ether oxygens (including phenoxy) is 1. The highest BCUT2D eigenvalue weighted by Gasteiger charge is 1.99. The number of benzene rings is 1. The molecule has 0 saturated heterocycles. The van der Waals surface area contributed by atoms with Gasteiger partial charge in [0.15, 0.2) is 0 Å². The molecule has 0 radical (unpaired) electrons. The molecular weight excluding hydrogens is 210 g/mol. The average Bonchev–Trinajstić information content (AvgIpc) is 2.38. The molecule has 0 bridgehead atoms. The quantitative estimate of drug-likeness (QED) is 0.662. The van der Waals surface area contributed by atoms with Crippen molar-refractivity contribution in [2.75, 3.05) is 19.7 Å². The van der Waals surface area contributed by atoms with E-state index in [4.69, 9.17) is 4.74 Å². The van der Waals surface area contributed by atoms with Crippen molar-refractivity contribution in [2.45, 2.75) is 39.5 Å². The number of hydrogen-bond donors (Lipinski definition) is 1. The smallest absolute Gasteiger partial charge is 0.122 e. The van der Waals surface area contributed by atoms with Crippen LogP contribution in [0.5, 0.6) is 5.75 Å². The van der Waals surface area contributed by atoms with Crippen molar-refractivity contribution in [3.05, 3.63) is 29.8 Å². The van der Waals surface area contributed by atoms with E-state index in [-0.39, 0.29) is 0 Å². The van der Waals surface area contributed by atoms with Gasteiger partial charge >= 0.3 is 0 Å². The van der Waals surface area contributed by atoms with Crippen LogP contribution < -0.4 is 10.1 Å². The van der Waals surface area contributed by atoms with Crippen molar-refractivity contribution >= 4 is 0 Å². The number of rotatable bonds is 9. The largest absolute Gasteiger partial charge is 0.493 e. The van der Waals surface area contributed by atoms with E-state index in [9.17, 15) is 0 Å².